The van der Waals surface area contributed by atoms with Gasteiger partial charge in [-0.2, -0.15) is 18.4 Å². The van der Waals surface area contributed by atoms with Crippen LogP contribution in [0.1, 0.15) is 46.5 Å². The van der Waals surface area contributed by atoms with Crippen LogP contribution in [0.4, 0.5) is 23.2 Å². The van der Waals surface area contributed by atoms with Crippen molar-refractivity contribution in [2.75, 3.05) is 11.9 Å². The molecule has 0 bridgehead atoms. The van der Waals surface area contributed by atoms with Crippen molar-refractivity contribution < 1.29 is 27.2 Å². The Bertz CT molecular complexity index is 1320. The number of benzene rings is 2. The Labute approximate surface area is 204 Å². The molecule has 1 fully saturated rings. The molecule has 2 aliphatic rings. The highest BCUT2D eigenvalue weighted by Gasteiger charge is 2.59. The van der Waals surface area contributed by atoms with E-state index in [9.17, 15) is 27.2 Å². The standard InChI is InChI=1S/C24H20F4N4O2S/c1-12(2)32-22(35)31(16-5-4-13(11-29)18(8-16)24(26,27)28)21(34)23(32)9-14-6-17(20(33)30-3)19(25)7-15(14)10-23/h4-8,12H,9-10H2,1-3H3,(H,30,33)/t23-/m0/s1. The summed E-state index contributed by atoms with van der Waals surface area (Å²) in [7, 11) is 1.38. The van der Waals surface area contributed by atoms with Gasteiger partial charge in [-0.15, -0.1) is 0 Å². The number of hydrogen-bond donors (Lipinski definition) is 1. The largest absolute Gasteiger partial charge is 0.417 e. The molecule has 1 N–H and O–H groups in total. The monoisotopic (exact) mass is 504 g/mol. The summed E-state index contributed by atoms with van der Waals surface area (Å²) in [5.74, 6) is -1.89. The molecule has 2 aromatic carbocycles. The fourth-order valence-corrected chi connectivity index (χ4v) is 5.52. The molecule has 6 nitrogen and oxygen atoms in total. The highest BCUT2D eigenvalue weighted by molar-refractivity contribution is 7.80. The van der Waals surface area contributed by atoms with E-state index in [-0.39, 0.29) is 35.2 Å². The van der Waals surface area contributed by atoms with Gasteiger partial charge in [0.2, 0.25) is 0 Å². The summed E-state index contributed by atoms with van der Waals surface area (Å²) in [4.78, 5) is 28.7. The number of anilines is 1. The van der Waals surface area contributed by atoms with E-state index in [4.69, 9.17) is 17.5 Å². The minimum Gasteiger partial charge on any atom is -0.355 e. The number of hydrogen-bond acceptors (Lipinski definition) is 4. The smallest absolute Gasteiger partial charge is 0.355 e. The van der Waals surface area contributed by atoms with Gasteiger partial charge in [0.1, 0.15) is 11.4 Å². The van der Waals surface area contributed by atoms with Crippen LogP contribution < -0.4 is 10.2 Å². The lowest BCUT2D eigenvalue weighted by Crippen LogP contribution is -2.53. The first-order valence-electron chi connectivity index (χ1n) is 10.7. The van der Waals surface area contributed by atoms with E-state index in [1.807, 2.05) is 0 Å². The van der Waals surface area contributed by atoms with E-state index < -0.39 is 40.5 Å². The zero-order chi connectivity index (χ0) is 25.9. The van der Waals surface area contributed by atoms with Crippen LogP contribution in [0.5, 0.6) is 0 Å². The summed E-state index contributed by atoms with van der Waals surface area (Å²) in [5.41, 5.74) is -2.18. The van der Waals surface area contributed by atoms with Gasteiger partial charge in [0.05, 0.1) is 28.4 Å². The third-order valence-electron chi connectivity index (χ3n) is 6.39. The second-order valence-corrected chi connectivity index (χ2v) is 9.16. The average Bonchev–Trinajstić information content (AvgIpc) is 3.25. The maximum atomic E-state index is 14.6. The van der Waals surface area contributed by atoms with Crippen LogP contribution in [0.25, 0.3) is 0 Å². The van der Waals surface area contributed by atoms with Gasteiger partial charge in [0.15, 0.2) is 5.11 Å². The maximum Gasteiger partial charge on any atom is 0.417 e. The molecule has 0 unspecified atom stereocenters. The molecule has 1 heterocycles. The Hall–Kier alpha value is -3.52. The second kappa shape index (κ2) is 8.30. The minimum atomic E-state index is -4.81. The number of nitrogens with zero attached hydrogens (tertiary/aromatic N) is 3. The molecule has 1 saturated heterocycles. The lowest BCUT2D eigenvalue weighted by atomic mass is 9.92. The number of rotatable bonds is 3. The molecule has 11 heteroatoms. The predicted molar refractivity (Wildman–Crippen MR) is 123 cm³/mol. The number of carbonyl (C=O) groups is 2. The molecular formula is C24H20F4N4O2S. The molecule has 4 rings (SSSR count). The molecule has 1 aliphatic carbocycles. The summed E-state index contributed by atoms with van der Waals surface area (Å²) in [5, 5.41) is 11.5. The van der Waals surface area contributed by atoms with Gasteiger partial charge in [-0.25, -0.2) is 4.39 Å². The Morgan fingerprint density at radius 1 is 1.20 bits per heavy atom. The van der Waals surface area contributed by atoms with E-state index in [0.29, 0.717) is 11.1 Å². The minimum absolute atomic E-state index is 0.0163. The number of thiocarbonyl (C=S) groups is 1. The average molecular weight is 505 g/mol. The summed E-state index contributed by atoms with van der Waals surface area (Å²) >= 11 is 5.57. The molecule has 35 heavy (non-hydrogen) atoms. The van der Waals surface area contributed by atoms with Crippen molar-refractivity contribution in [1.29, 1.82) is 5.26 Å². The van der Waals surface area contributed by atoms with E-state index >= 15 is 0 Å². The fourth-order valence-electron chi connectivity index (χ4n) is 4.95. The zero-order valence-electron chi connectivity index (χ0n) is 19.0. The van der Waals surface area contributed by atoms with Crippen LogP contribution in [0.15, 0.2) is 30.3 Å². The SMILES string of the molecule is CNC(=O)c1cc2c(cc1F)C[C@@]1(C2)C(=O)N(c2ccc(C#N)c(C(F)(F)F)c2)C(=S)N1C(C)C. The van der Waals surface area contributed by atoms with Gasteiger partial charge >= 0.3 is 6.18 Å². The van der Waals surface area contributed by atoms with E-state index in [2.05, 4.69) is 5.32 Å². The lowest BCUT2D eigenvalue weighted by Gasteiger charge is -2.36. The van der Waals surface area contributed by atoms with Crippen molar-refractivity contribution in [2.45, 2.75) is 44.4 Å². The van der Waals surface area contributed by atoms with E-state index in [0.717, 1.165) is 17.0 Å². The molecule has 1 spiro atoms. The zero-order valence-corrected chi connectivity index (χ0v) is 19.8. The van der Waals surface area contributed by atoms with Crippen LogP contribution in [0.2, 0.25) is 0 Å². The highest BCUT2D eigenvalue weighted by atomic mass is 32.1. The van der Waals surface area contributed by atoms with Crippen molar-refractivity contribution in [2.24, 2.45) is 0 Å². The molecule has 0 aromatic heterocycles. The first kappa shape index (κ1) is 24.6. The molecular weight excluding hydrogens is 484 g/mol. The van der Waals surface area contributed by atoms with Gasteiger partial charge in [0, 0.05) is 25.9 Å². The number of nitrogens with one attached hydrogen (secondary N) is 1. The van der Waals surface area contributed by atoms with Gasteiger partial charge in [-0.1, -0.05) is 0 Å². The molecule has 0 radical (unpaired) electrons. The third kappa shape index (κ3) is 3.72. The van der Waals surface area contributed by atoms with Gasteiger partial charge in [-0.3, -0.25) is 14.5 Å². The van der Waals surface area contributed by atoms with Crippen LogP contribution in [0, 0.1) is 17.1 Å². The van der Waals surface area contributed by atoms with Gasteiger partial charge < -0.3 is 10.2 Å². The quantitative estimate of drug-likeness (QED) is 0.506. The summed E-state index contributed by atoms with van der Waals surface area (Å²) in [6, 6.07) is 6.83. The van der Waals surface area contributed by atoms with Crippen LogP contribution >= 0.6 is 12.2 Å². The van der Waals surface area contributed by atoms with Crippen LogP contribution in [-0.2, 0) is 23.8 Å². The molecule has 0 saturated carbocycles. The molecule has 2 aromatic rings. The number of carbonyl (C=O) groups excluding carboxylic acids is 2. The van der Waals surface area contributed by atoms with Crippen molar-refractivity contribution in [3.05, 3.63) is 64.0 Å². The first-order valence-corrected chi connectivity index (χ1v) is 11.1. The maximum absolute atomic E-state index is 14.6. The number of fused-ring (bicyclic) bond motifs is 1. The van der Waals surface area contributed by atoms with E-state index in [1.165, 1.54) is 31.3 Å². The van der Waals surface area contributed by atoms with E-state index in [1.54, 1.807) is 18.7 Å². The summed E-state index contributed by atoms with van der Waals surface area (Å²) in [6.07, 6.45) is -4.63. The number of halogens is 4. The third-order valence-corrected chi connectivity index (χ3v) is 6.77. The number of amides is 2. The fraction of sp³-hybridized carbons (Fsp3) is 0.333. The summed E-state index contributed by atoms with van der Waals surface area (Å²) in [6.45, 7) is 3.59. The first-order chi connectivity index (χ1) is 16.4. The van der Waals surface area contributed by atoms with Crippen molar-refractivity contribution in [3.8, 4) is 6.07 Å². The van der Waals surface area contributed by atoms with Crippen molar-refractivity contribution in [1.82, 2.24) is 10.2 Å². The highest BCUT2D eigenvalue weighted by Crippen LogP contribution is 2.45. The Kier molecular flexibility index (Phi) is 5.84. The molecule has 1 atom stereocenters. The predicted octanol–water partition coefficient (Wildman–Crippen LogP) is 3.96. The van der Waals surface area contributed by atoms with Gasteiger partial charge in [0.25, 0.3) is 11.8 Å². The number of nitriles is 1. The second-order valence-electron chi connectivity index (χ2n) is 8.79. The Morgan fingerprint density at radius 3 is 2.37 bits per heavy atom. The van der Waals surface area contributed by atoms with Crippen LogP contribution in [0.3, 0.4) is 0 Å². The Balaban J connectivity index is 1.82. The van der Waals surface area contributed by atoms with Crippen LogP contribution in [-0.4, -0.2) is 40.5 Å². The lowest BCUT2D eigenvalue weighted by molar-refractivity contribution is -0.137. The topological polar surface area (TPSA) is 76.4 Å². The molecule has 1 aliphatic heterocycles. The Morgan fingerprint density at radius 2 is 1.83 bits per heavy atom. The van der Waals surface area contributed by atoms with Gasteiger partial charge in [-0.05, 0) is 67.5 Å². The normalized spacial score (nSPS) is 19.5. The number of alkyl halides is 3. The molecule has 2 amide bonds. The van der Waals surface area contributed by atoms with Crippen molar-refractivity contribution in [3.63, 3.8) is 0 Å². The molecule has 182 valence electrons. The summed E-state index contributed by atoms with van der Waals surface area (Å²) < 4.78 is 55.4. The van der Waals surface area contributed by atoms with Crippen molar-refractivity contribution >= 4 is 34.8 Å².